The molecule has 7 heteroatoms. The fourth-order valence-corrected chi connectivity index (χ4v) is 0.250. The van der Waals surface area contributed by atoms with Gasteiger partial charge in [0.2, 0.25) is 0 Å². The smallest absolute Gasteiger partial charge is 0.367 e. The van der Waals surface area contributed by atoms with E-state index in [9.17, 15) is 0 Å². The average molecular weight is 658 g/mol. The third kappa shape index (κ3) is 6.06. The topological polar surface area (TPSA) is 58.9 Å². The van der Waals surface area contributed by atoms with Gasteiger partial charge >= 0.3 is 9.05 Å². The van der Waals surface area contributed by atoms with Gasteiger partial charge in [0.25, 0.3) is 0 Å². The zero-order valence-electron chi connectivity index (χ0n) is 5.63. The van der Waals surface area contributed by atoms with Gasteiger partial charge < -0.3 is 18.4 Å². The largest absolute Gasteiger partial charge is 0.673 e. The van der Waals surface area contributed by atoms with E-state index in [4.69, 9.17) is 9.59 Å². The molecule has 0 rings (SSSR count). The van der Waals surface area contributed by atoms with Crippen molar-refractivity contribution < 1.29 is 18.4 Å². The molecule has 0 unspecified atom stereocenters. The molecule has 0 aliphatic rings. The summed E-state index contributed by atoms with van der Waals surface area (Å²) in [6, 6.07) is 0. The van der Waals surface area contributed by atoms with Crippen molar-refractivity contribution in [1.82, 2.24) is 0 Å². The predicted octanol–water partition coefficient (Wildman–Crippen LogP) is -1.30. The van der Waals surface area contributed by atoms with Crippen LogP contribution >= 0.6 is 0 Å². The van der Waals surface area contributed by atoms with Crippen molar-refractivity contribution in [3.05, 3.63) is 0 Å². The minimum absolute atomic E-state index is 0. The summed E-state index contributed by atoms with van der Waals surface area (Å²) in [5.74, 6) is 0. The zero-order valence-corrected chi connectivity index (χ0v) is 19.4. The normalized spacial score (nSPS) is 9.33. The van der Waals surface area contributed by atoms with Crippen LogP contribution in [0.5, 0.6) is 0 Å². The van der Waals surface area contributed by atoms with E-state index >= 15 is 0 Å². The SMILES string of the molecule is CO[Si](O)(O)OC.[Rf].[Rf]. The van der Waals surface area contributed by atoms with E-state index in [0.717, 1.165) is 0 Å². The van der Waals surface area contributed by atoms with Crippen LogP contribution in [0.1, 0.15) is 0 Å². The summed E-state index contributed by atoms with van der Waals surface area (Å²) in [6.45, 7) is 0. The molecule has 0 saturated carbocycles. The van der Waals surface area contributed by atoms with Gasteiger partial charge in [0, 0.05) is 14.2 Å². The Balaban J connectivity index is -0.000000180. The van der Waals surface area contributed by atoms with Crippen LogP contribution in [0.15, 0.2) is 0 Å². The minimum atomic E-state index is -3.65. The maximum absolute atomic E-state index is 8.38. The first-order valence-electron chi connectivity index (χ1n) is 1.67. The molecule has 0 bridgehead atoms. The maximum Gasteiger partial charge on any atom is 0.673 e. The van der Waals surface area contributed by atoms with Crippen molar-refractivity contribution in [2.45, 2.75) is 0 Å². The molecule has 0 amide bonds. The molecule has 48 valence electrons. The summed E-state index contributed by atoms with van der Waals surface area (Å²) >= 11 is 0. The van der Waals surface area contributed by atoms with Crippen LogP contribution in [-0.2, 0) is 8.85 Å². The Morgan fingerprint density at radius 3 is 1.22 bits per heavy atom. The van der Waals surface area contributed by atoms with Crippen molar-refractivity contribution in [3.63, 3.8) is 0 Å². The van der Waals surface area contributed by atoms with Crippen molar-refractivity contribution in [1.29, 1.82) is 0 Å². The molecule has 9 heavy (non-hydrogen) atoms. The minimum Gasteiger partial charge on any atom is -0.367 e. The summed E-state index contributed by atoms with van der Waals surface area (Å²) < 4.78 is 8.23. The van der Waals surface area contributed by atoms with E-state index in [-0.39, 0.29) is 0 Å². The molecule has 0 aliphatic carbocycles. The van der Waals surface area contributed by atoms with Gasteiger partial charge in [-0.1, -0.05) is 0 Å². The van der Waals surface area contributed by atoms with Gasteiger partial charge in [0.1, 0.15) is 0 Å². The molecular weight excluding hydrogens is 650 g/mol. The molecule has 2 N–H and O–H groups in total. The van der Waals surface area contributed by atoms with E-state index < -0.39 is 9.05 Å². The molecule has 0 aromatic heterocycles. The van der Waals surface area contributed by atoms with Gasteiger partial charge in [-0.15, -0.1) is 0 Å². The molecule has 0 radical (unpaired) electrons. The van der Waals surface area contributed by atoms with Crippen LogP contribution in [0.4, 0.5) is 0 Å². The molecule has 0 atom stereocenters. The molecule has 0 aliphatic heterocycles. The zero-order chi connectivity index (χ0) is 5.91. The van der Waals surface area contributed by atoms with E-state index in [1.54, 1.807) is 0 Å². The quantitative estimate of drug-likeness (QED) is 0.363. The Morgan fingerprint density at radius 1 is 1.00 bits per heavy atom. The molecule has 0 heterocycles. The molecule has 0 spiro atoms. The van der Waals surface area contributed by atoms with Crippen LogP contribution in [0, 0.1) is 0 Å². The summed E-state index contributed by atoms with van der Waals surface area (Å²) in [7, 11) is -1.30. The molecule has 4 nitrogen and oxygen atoms in total. The van der Waals surface area contributed by atoms with Gasteiger partial charge in [0.15, 0.2) is 0 Å². The van der Waals surface area contributed by atoms with E-state index in [1.807, 2.05) is 0 Å². The van der Waals surface area contributed by atoms with E-state index in [1.165, 1.54) is 14.2 Å². The van der Waals surface area contributed by atoms with Gasteiger partial charge in [-0.25, -0.2) is 0 Å². The van der Waals surface area contributed by atoms with Gasteiger partial charge in [-0.2, -0.15) is 0 Å². The summed E-state index contributed by atoms with van der Waals surface area (Å²) in [5, 5.41) is 0. The molecule has 0 aromatic carbocycles. The Kier molecular flexibility index (Phi) is 7.38. The number of hydrogen-bond donors (Lipinski definition) is 2. The summed E-state index contributed by atoms with van der Waals surface area (Å²) in [5.41, 5.74) is 0. The van der Waals surface area contributed by atoms with Crippen LogP contribution < -0.4 is 0 Å². The Hall–Kier alpha value is -1.94. The molecule has 0 fully saturated rings. The van der Waals surface area contributed by atoms with Crippen LogP contribution in [0.2, 0.25) is 0 Å². The fraction of sp³-hybridized carbons (Fsp3) is 1.00. The van der Waals surface area contributed by atoms with Crippen LogP contribution in [0.25, 0.3) is 0 Å². The standard InChI is InChI=1S/C2H8O4Si.2Rf/c1-5-7(3,4)6-2;;/h3-4H,1-2H3;;. The van der Waals surface area contributed by atoms with Crippen molar-refractivity contribution in [2.24, 2.45) is 0 Å². The number of rotatable bonds is 2. The Morgan fingerprint density at radius 2 is 1.22 bits per heavy atom. The first-order valence-corrected chi connectivity index (χ1v) is 3.38. The summed E-state index contributed by atoms with van der Waals surface area (Å²) in [6.07, 6.45) is 0. The van der Waals surface area contributed by atoms with Crippen molar-refractivity contribution in [3.8, 4) is 0 Å². The molecule has 0 aromatic rings. The fourth-order valence-electron chi connectivity index (χ4n) is 0.0833. The molecule has 0 saturated heterocycles. The van der Waals surface area contributed by atoms with Crippen molar-refractivity contribution in [2.75, 3.05) is 14.2 Å². The molecular formula is C2H8O4Rf2Si. The third-order valence-corrected chi connectivity index (χ3v) is 1.60. The summed E-state index contributed by atoms with van der Waals surface area (Å²) in [4.78, 5) is 16.8. The van der Waals surface area contributed by atoms with E-state index in [0.29, 0.717) is 0 Å². The Labute approximate surface area is 42.8 Å². The van der Waals surface area contributed by atoms with Crippen LogP contribution in [-0.4, -0.2) is 32.9 Å². The maximum atomic E-state index is 8.38. The van der Waals surface area contributed by atoms with Gasteiger partial charge in [-0.05, 0) is 0 Å². The average Bonchev–Trinajstić information content (AvgIpc) is 1.68. The van der Waals surface area contributed by atoms with E-state index in [2.05, 4.69) is 8.85 Å². The predicted molar refractivity (Wildman–Crippen MR) is 24.2 cm³/mol. The van der Waals surface area contributed by atoms with Crippen molar-refractivity contribution >= 4 is 9.05 Å². The number of hydrogen-bond acceptors (Lipinski definition) is 4. The van der Waals surface area contributed by atoms with Crippen LogP contribution in [0.3, 0.4) is 0 Å². The van der Waals surface area contributed by atoms with Gasteiger partial charge in [-0.3, -0.25) is 0 Å². The monoisotopic (exact) mass is 658 g/mol. The van der Waals surface area contributed by atoms with Gasteiger partial charge in [0.05, 0.1) is 0 Å². The second kappa shape index (κ2) is 4.22. The Bertz CT molecular complexity index is 54.5. The first kappa shape index (κ1) is 15.7. The first-order chi connectivity index (χ1) is 3.12. The second-order valence-corrected chi connectivity index (χ2v) is 2.87. The third-order valence-electron chi connectivity index (χ3n) is 0.532. The second-order valence-electron chi connectivity index (χ2n) is 0.957.